The first-order chi connectivity index (χ1) is 13.3. The van der Waals surface area contributed by atoms with E-state index in [1.54, 1.807) is 31.3 Å². The van der Waals surface area contributed by atoms with Crippen molar-refractivity contribution in [2.24, 2.45) is 16.3 Å². The maximum Gasteiger partial charge on any atom is 0.252 e. The van der Waals surface area contributed by atoms with E-state index in [-0.39, 0.29) is 17.4 Å². The van der Waals surface area contributed by atoms with Gasteiger partial charge in [0.2, 0.25) is 0 Å². The fraction of sp³-hybridized carbons (Fsp3) is 0.619. The zero-order chi connectivity index (χ0) is 20.6. The Hall–Kier alpha value is -1.79. The monoisotopic (exact) mass is 408 g/mol. The number of rotatable bonds is 6. The van der Waals surface area contributed by atoms with Crippen LogP contribution >= 0.6 is 11.6 Å². The lowest BCUT2D eigenvalue weighted by atomic mass is 9.78. The normalized spacial score (nSPS) is 20.5. The van der Waals surface area contributed by atoms with Crippen molar-refractivity contribution in [3.05, 3.63) is 34.9 Å². The third-order valence-corrected chi connectivity index (χ3v) is 5.20. The summed E-state index contributed by atoms with van der Waals surface area (Å²) >= 11 is 6.05. The van der Waals surface area contributed by atoms with Gasteiger partial charge in [0.15, 0.2) is 5.96 Å². The molecule has 1 aromatic carbocycles. The topological polar surface area (TPSA) is 74.8 Å². The van der Waals surface area contributed by atoms with Crippen LogP contribution in [0.2, 0.25) is 5.02 Å². The van der Waals surface area contributed by atoms with Gasteiger partial charge in [0.05, 0.1) is 16.7 Å². The van der Waals surface area contributed by atoms with Crippen LogP contribution in [0.3, 0.4) is 0 Å². The summed E-state index contributed by atoms with van der Waals surface area (Å²) < 4.78 is 6.04. The number of carbonyl (C=O) groups excluding carboxylic acids is 1. The molecule has 156 valence electrons. The van der Waals surface area contributed by atoms with Crippen LogP contribution in [-0.4, -0.2) is 51.3 Å². The van der Waals surface area contributed by atoms with Crippen molar-refractivity contribution < 1.29 is 9.53 Å². The van der Waals surface area contributed by atoms with Crippen LogP contribution in [0.1, 0.15) is 44.0 Å². The molecule has 1 amide bonds. The summed E-state index contributed by atoms with van der Waals surface area (Å²) in [6.07, 6.45) is 2.49. The smallest absolute Gasteiger partial charge is 0.252 e. The molecule has 1 aliphatic rings. The Bertz CT molecular complexity index is 673. The summed E-state index contributed by atoms with van der Waals surface area (Å²) in [7, 11) is 1.75. The van der Waals surface area contributed by atoms with Crippen molar-refractivity contribution in [1.82, 2.24) is 16.0 Å². The van der Waals surface area contributed by atoms with Gasteiger partial charge in [-0.3, -0.25) is 9.79 Å². The van der Waals surface area contributed by atoms with Crippen molar-refractivity contribution in [1.29, 1.82) is 0 Å². The van der Waals surface area contributed by atoms with E-state index >= 15 is 0 Å². The van der Waals surface area contributed by atoms with Crippen molar-refractivity contribution in [2.75, 3.05) is 33.3 Å². The first-order valence-electron chi connectivity index (χ1n) is 9.91. The molecule has 1 heterocycles. The van der Waals surface area contributed by atoms with Gasteiger partial charge in [-0.25, -0.2) is 0 Å². The molecule has 2 unspecified atom stereocenters. The Morgan fingerprint density at radius 2 is 1.93 bits per heavy atom. The molecule has 0 spiro atoms. The number of amides is 1. The highest BCUT2D eigenvalue weighted by atomic mass is 35.5. The van der Waals surface area contributed by atoms with Gasteiger partial charge in [-0.1, -0.05) is 44.5 Å². The number of guanidine groups is 1. The average molecular weight is 409 g/mol. The maximum atomic E-state index is 12.2. The highest BCUT2D eigenvalue weighted by Gasteiger charge is 2.35. The largest absolute Gasteiger partial charge is 0.377 e. The second-order valence-electron chi connectivity index (χ2n) is 8.18. The molecule has 7 heteroatoms. The molecule has 0 aliphatic carbocycles. The summed E-state index contributed by atoms with van der Waals surface area (Å²) in [5.41, 5.74) is 0.601. The molecule has 1 aromatic rings. The lowest BCUT2D eigenvalue weighted by molar-refractivity contribution is -0.0835. The molecule has 6 nitrogen and oxygen atoms in total. The molecule has 0 radical (unpaired) electrons. The van der Waals surface area contributed by atoms with E-state index < -0.39 is 0 Å². The Kier molecular flexibility index (Phi) is 8.58. The van der Waals surface area contributed by atoms with Gasteiger partial charge in [-0.2, -0.15) is 0 Å². The number of halogens is 1. The molecule has 2 atom stereocenters. The van der Waals surface area contributed by atoms with E-state index in [4.69, 9.17) is 16.3 Å². The molecule has 0 saturated carbocycles. The zero-order valence-corrected chi connectivity index (χ0v) is 18.1. The van der Waals surface area contributed by atoms with Gasteiger partial charge in [0.1, 0.15) is 0 Å². The quantitative estimate of drug-likeness (QED) is 0.384. The van der Waals surface area contributed by atoms with Crippen molar-refractivity contribution in [3.8, 4) is 0 Å². The first kappa shape index (κ1) is 22.5. The number of aliphatic imine (C=N–C) groups is 1. The second kappa shape index (κ2) is 10.7. The Balaban J connectivity index is 1.74. The van der Waals surface area contributed by atoms with Gasteiger partial charge in [-0.15, -0.1) is 0 Å². The van der Waals surface area contributed by atoms with E-state index in [1.807, 2.05) is 0 Å². The number of hydrogen-bond acceptors (Lipinski definition) is 3. The highest BCUT2D eigenvalue weighted by molar-refractivity contribution is 6.33. The molecule has 0 aromatic heterocycles. The molecular formula is C21H33ClN4O2. The van der Waals surface area contributed by atoms with E-state index in [2.05, 4.69) is 41.7 Å². The van der Waals surface area contributed by atoms with Gasteiger partial charge in [-0.05, 0) is 30.4 Å². The molecular weight excluding hydrogens is 376 g/mol. The van der Waals surface area contributed by atoms with Gasteiger partial charge in [0.25, 0.3) is 5.91 Å². The lowest BCUT2D eigenvalue weighted by Gasteiger charge is -2.40. The van der Waals surface area contributed by atoms with E-state index in [0.717, 1.165) is 32.0 Å². The summed E-state index contributed by atoms with van der Waals surface area (Å²) in [5.74, 6) is 1.00. The maximum absolute atomic E-state index is 12.2. The number of hydrogen-bond donors (Lipinski definition) is 3. The summed E-state index contributed by atoms with van der Waals surface area (Å²) in [6.45, 7) is 9.38. The Labute approximate surface area is 173 Å². The van der Waals surface area contributed by atoms with E-state index in [9.17, 15) is 4.79 Å². The zero-order valence-electron chi connectivity index (χ0n) is 17.3. The predicted molar refractivity (Wildman–Crippen MR) is 115 cm³/mol. The fourth-order valence-electron chi connectivity index (χ4n) is 3.56. The molecule has 1 aliphatic heterocycles. The lowest BCUT2D eigenvalue weighted by Crippen LogP contribution is -2.48. The van der Waals surface area contributed by atoms with Crippen LogP contribution < -0.4 is 16.0 Å². The highest BCUT2D eigenvalue weighted by Crippen LogP contribution is 2.33. The van der Waals surface area contributed by atoms with Gasteiger partial charge >= 0.3 is 0 Å². The minimum atomic E-state index is -0.178. The number of nitrogens with one attached hydrogen (secondary N) is 3. The first-order valence-corrected chi connectivity index (χ1v) is 10.3. The third kappa shape index (κ3) is 6.67. The minimum absolute atomic E-state index is 0.118. The predicted octanol–water partition coefficient (Wildman–Crippen LogP) is 3.08. The molecule has 1 saturated heterocycles. The van der Waals surface area contributed by atoms with Crippen LogP contribution in [-0.2, 0) is 4.74 Å². The second-order valence-corrected chi connectivity index (χ2v) is 8.58. The SMILES string of the molecule is CN=C(NCCNC(=O)c1ccccc1Cl)NCC1CCCOC1C(C)(C)C. The number of carbonyl (C=O) groups is 1. The number of benzene rings is 1. The van der Waals surface area contributed by atoms with Crippen molar-refractivity contribution in [2.45, 2.75) is 39.7 Å². The third-order valence-electron chi connectivity index (χ3n) is 4.88. The van der Waals surface area contributed by atoms with Crippen LogP contribution in [0.4, 0.5) is 0 Å². The number of nitrogens with zero attached hydrogens (tertiary/aromatic N) is 1. The standard InChI is InChI=1S/C21H33ClN4O2/c1-21(2,3)18-15(8-7-13-28-18)14-26-20(23-4)25-12-11-24-19(27)16-9-5-6-10-17(16)22/h5-6,9-10,15,18H,7-8,11-14H2,1-4H3,(H,24,27)(H2,23,25,26). The molecule has 0 bridgehead atoms. The molecule has 1 fully saturated rings. The Morgan fingerprint density at radius 1 is 1.21 bits per heavy atom. The van der Waals surface area contributed by atoms with Crippen LogP contribution in [0.5, 0.6) is 0 Å². The molecule has 28 heavy (non-hydrogen) atoms. The molecule has 2 rings (SSSR count). The van der Waals surface area contributed by atoms with E-state index in [0.29, 0.717) is 29.6 Å². The fourth-order valence-corrected chi connectivity index (χ4v) is 3.78. The summed E-state index contributed by atoms with van der Waals surface area (Å²) in [5, 5.41) is 9.94. The molecule has 3 N–H and O–H groups in total. The van der Waals surface area contributed by atoms with Crippen LogP contribution in [0.25, 0.3) is 0 Å². The van der Waals surface area contributed by atoms with Gasteiger partial charge in [0, 0.05) is 39.2 Å². The summed E-state index contributed by atoms with van der Waals surface area (Å²) in [6, 6.07) is 7.02. The van der Waals surface area contributed by atoms with E-state index in [1.165, 1.54) is 0 Å². The van der Waals surface area contributed by atoms with Crippen LogP contribution in [0.15, 0.2) is 29.3 Å². The van der Waals surface area contributed by atoms with Gasteiger partial charge < -0.3 is 20.7 Å². The minimum Gasteiger partial charge on any atom is -0.377 e. The Morgan fingerprint density at radius 3 is 2.61 bits per heavy atom. The summed E-state index contributed by atoms with van der Waals surface area (Å²) in [4.78, 5) is 16.4. The number of ether oxygens (including phenoxy) is 1. The average Bonchev–Trinajstić information content (AvgIpc) is 2.67. The van der Waals surface area contributed by atoms with Crippen molar-refractivity contribution in [3.63, 3.8) is 0 Å². The van der Waals surface area contributed by atoms with Crippen molar-refractivity contribution >= 4 is 23.5 Å². The van der Waals surface area contributed by atoms with Crippen LogP contribution in [0, 0.1) is 11.3 Å².